The topological polar surface area (TPSA) is 9.23 Å². The van der Waals surface area contributed by atoms with Crippen LogP contribution in [0.3, 0.4) is 0 Å². The molecule has 0 aromatic heterocycles. The van der Waals surface area contributed by atoms with Gasteiger partial charge in [0, 0.05) is 0 Å². The van der Waals surface area contributed by atoms with Crippen LogP contribution in [-0.2, 0) is 4.43 Å². The molecule has 0 saturated carbocycles. The third kappa shape index (κ3) is 7.85. The van der Waals surface area contributed by atoms with E-state index in [2.05, 4.69) is 66.2 Å². The molecule has 16 heavy (non-hydrogen) atoms. The molecular weight excluding hydrogens is 327 g/mol. The molecule has 0 saturated heterocycles. The van der Waals surface area contributed by atoms with Gasteiger partial charge in [-0.1, -0.05) is 61.8 Å². The van der Waals surface area contributed by atoms with Gasteiger partial charge in [-0.25, -0.2) is 0 Å². The fourth-order valence-corrected chi connectivity index (χ4v) is 3.34. The van der Waals surface area contributed by atoms with E-state index in [1.165, 1.54) is 25.7 Å². The molecule has 0 radical (unpaired) electrons. The molecule has 96 valence electrons. The third-order valence-corrected chi connectivity index (χ3v) is 4.06. The quantitative estimate of drug-likeness (QED) is 0.420. The molecule has 0 aliphatic rings. The van der Waals surface area contributed by atoms with E-state index in [4.69, 9.17) is 4.43 Å². The smallest absolute Gasteiger partial charge is 0.184 e. The van der Waals surface area contributed by atoms with E-state index < -0.39 is 8.32 Å². The normalized spacial score (nSPS) is 16.6. The lowest BCUT2D eigenvalue weighted by atomic mass is 9.93. The van der Waals surface area contributed by atoms with Crippen molar-refractivity contribution in [1.29, 1.82) is 0 Å². The SMILES string of the molecule is CCCC[C@@H](CC)[C@@H](/C=C/I)O[Si](C)(C)C. The van der Waals surface area contributed by atoms with E-state index in [0.29, 0.717) is 12.0 Å². The second kappa shape index (κ2) is 8.70. The second-order valence-electron chi connectivity index (χ2n) is 5.32. The lowest BCUT2D eigenvalue weighted by Crippen LogP contribution is -2.35. The van der Waals surface area contributed by atoms with E-state index in [1.807, 2.05) is 0 Å². The highest BCUT2D eigenvalue weighted by atomic mass is 127. The van der Waals surface area contributed by atoms with Gasteiger partial charge in [0.05, 0.1) is 6.10 Å². The van der Waals surface area contributed by atoms with E-state index in [0.717, 1.165) is 0 Å². The maximum absolute atomic E-state index is 6.28. The Morgan fingerprint density at radius 1 is 1.25 bits per heavy atom. The van der Waals surface area contributed by atoms with Crippen molar-refractivity contribution < 1.29 is 4.43 Å². The first kappa shape index (κ1) is 16.6. The predicted molar refractivity (Wildman–Crippen MR) is 84.7 cm³/mol. The average Bonchev–Trinajstić information content (AvgIpc) is 2.17. The van der Waals surface area contributed by atoms with Gasteiger partial charge in [-0.05, 0) is 36.1 Å². The molecule has 1 nitrogen and oxygen atoms in total. The summed E-state index contributed by atoms with van der Waals surface area (Å²) in [6, 6.07) is 0. The first-order valence-corrected chi connectivity index (χ1v) is 11.0. The zero-order valence-electron chi connectivity index (χ0n) is 11.4. The summed E-state index contributed by atoms with van der Waals surface area (Å²) in [4.78, 5) is 0. The Bertz CT molecular complexity index is 199. The molecule has 0 aromatic rings. The predicted octanol–water partition coefficient (Wildman–Crippen LogP) is 5.37. The summed E-state index contributed by atoms with van der Waals surface area (Å²) < 4.78 is 8.38. The third-order valence-electron chi connectivity index (χ3n) is 2.67. The lowest BCUT2D eigenvalue weighted by molar-refractivity contribution is 0.159. The zero-order chi connectivity index (χ0) is 12.6. The molecule has 0 aliphatic carbocycles. The number of hydrogen-bond donors (Lipinski definition) is 0. The van der Waals surface area contributed by atoms with Crippen molar-refractivity contribution in [1.82, 2.24) is 0 Å². The molecule has 0 bridgehead atoms. The van der Waals surface area contributed by atoms with Gasteiger partial charge in [0.15, 0.2) is 8.32 Å². The van der Waals surface area contributed by atoms with Gasteiger partial charge in [-0.3, -0.25) is 0 Å². The monoisotopic (exact) mass is 354 g/mol. The molecule has 0 spiro atoms. The minimum atomic E-state index is -1.43. The maximum atomic E-state index is 6.28. The van der Waals surface area contributed by atoms with E-state index in [9.17, 15) is 0 Å². The molecule has 0 heterocycles. The summed E-state index contributed by atoms with van der Waals surface area (Å²) in [5, 5.41) is 0. The van der Waals surface area contributed by atoms with Gasteiger partial charge >= 0.3 is 0 Å². The Hall–Kier alpha value is 0.647. The van der Waals surface area contributed by atoms with Crippen LogP contribution < -0.4 is 0 Å². The molecular formula is C13H27IOSi. The van der Waals surface area contributed by atoms with Crippen molar-refractivity contribution in [2.24, 2.45) is 5.92 Å². The van der Waals surface area contributed by atoms with Crippen LogP contribution in [0.25, 0.3) is 0 Å². The van der Waals surface area contributed by atoms with Crippen LogP contribution in [0.15, 0.2) is 10.2 Å². The standard InChI is InChI=1S/C13H27IOSi/c1-6-8-9-12(7-2)13(10-11-14)15-16(3,4)5/h10-13H,6-9H2,1-5H3/b11-10+/t12-,13-/m1/s1. The van der Waals surface area contributed by atoms with Crippen molar-refractivity contribution in [2.75, 3.05) is 0 Å². The van der Waals surface area contributed by atoms with E-state index in [1.54, 1.807) is 0 Å². The Kier molecular flexibility index (Phi) is 9.05. The molecule has 0 rings (SSSR count). The summed E-state index contributed by atoms with van der Waals surface area (Å²) in [6.07, 6.45) is 7.69. The first-order chi connectivity index (χ1) is 7.44. The van der Waals surface area contributed by atoms with Crippen molar-refractivity contribution in [3.8, 4) is 0 Å². The van der Waals surface area contributed by atoms with Gasteiger partial charge in [-0.15, -0.1) is 0 Å². The summed E-state index contributed by atoms with van der Waals surface area (Å²) in [7, 11) is -1.43. The number of unbranched alkanes of at least 4 members (excludes halogenated alkanes) is 1. The van der Waals surface area contributed by atoms with Crippen molar-refractivity contribution >= 4 is 30.9 Å². The zero-order valence-corrected chi connectivity index (χ0v) is 14.6. The Labute approximate surface area is 116 Å². The summed E-state index contributed by atoms with van der Waals surface area (Å²) in [5.74, 6) is 0.692. The number of halogens is 1. The van der Waals surface area contributed by atoms with Gasteiger partial charge < -0.3 is 4.43 Å². The Balaban J connectivity index is 4.46. The number of rotatable bonds is 8. The van der Waals surface area contributed by atoms with Gasteiger partial charge in [-0.2, -0.15) is 0 Å². The molecule has 0 N–H and O–H groups in total. The molecule has 2 atom stereocenters. The Morgan fingerprint density at radius 2 is 1.88 bits per heavy atom. The Morgan fingerprint density at radius 3 is 2.25 bits per heavy atom. The van der Waals surface area contributed by atoms with Crippen LogP contribution >= 0.6 is 22.6 Å². The molecule has 0 unspecified atom stereocenters. The molecule has 0 aliphatic heterocycles. The maximum Gasteiger partial charge on any atom is 0.184 e. The van der Waals surface area contributed by atoms with Crippen molar-refractivity contribution in [3.05, 3.63) is 10.2 Å². The van der Waals surface area contributed by atoms with Crippen LogP contribution in [0.2, 0.25) is 19.6 Å². The highest BCUT2D eigenvalue weighted by molar-refractivity contribution is 14.1. The fourth-order valence-electron chi connectivity index (χ4n) is 1.84. The van der Waals surface area contributed by atoms with Crippen LogP contribution in [0, 0.1) is 5.92 Å². The largest absolute Gasteiger partial charge is 0.411 e. The summed E-state index contributed by atoms with van der Waals surface area (Å²) in [6.45, 7) is 11.4. The molecule has 0 fully saturated rings. The van der Waals surface area contributed by atoms with E-state index >= 15 is 0 Å². The molecule has 3 heteroatoms. The molecule has 0 aromatic carbocycles. The summed E-state index contributed by atoms with van der Waals surface area (Å²) in [5.41, 5.74) is 0. The first-order valence-electron chi connectivity index (χ1n) is 6.39. The van der Waals surface area contributed by atoms with Gasteiger partial charge in [0.25, 0.3) is 0 Å². The highest BCUT2D eigenvalue weighted by Gasteiger charge is 2.24. The van der Waals surface area contributed by atoms with Gasteiger partial charge in [0.2, 0.25) is 0 Å². The van der Waals surface area contributed by atoms with Crippen LogP contribution in [0.1, 0.15) is 39.5 Å². The minimum absolute atomic E-state index is 0.333. The van der Waals surface area contributed by atoms with E-state index in [-0.39, 0.29) is 0 Å². The van der Waals surface area contributed by atoms with Crippen molar-refractivity contribution in [2.45, 2.75) is 65.3 Å². The van der Waals surface area contributed by atoms with Crippen LogP contribution in [0.4, 0.5) is 0 Å². The minimum Gasteiger partial charge on any atom is -0.411 e. The fraction of sp³-hybridized carbons (Fsp3) is 0.846. The lowest BCUT2D eigenvalue weighted by Gasteiger charge is -2.30. The van der Waals surface area contributed by atoms with Crippen LogP contribution in [-0.4, -0.2) is 14.4 Å². The van der Waals surface area contributed by atoms with Gasteiger partial charge in [0.1, 0.15) is 0 Å². The van der Waals surface area contributed by atoms with Crippen molar-refractivity contribution in [3.63, 3.8) is 0 Å². The highest BCUT2D eigenvalue weighted by Crippen LogP contribution is 2.24. The second-order valence-corrected chi connectivity index (χ2v) is 10.5. The molecule has 0 amide bonds. The number of hydrogen-bond acceptors (Lipinski definition) is 1. The van der Waals surface area contributed by atoms with Crippen LogP contribution in [0.5, 0.6) is 0 Å². The summed E-state index contributed by atoms with van der Waals surface area (Å²) >= 11 is 2.30. The average molecular weight is 354 g/mol.